The molecule has 0 aliphatic carbocycles. The maximum atomic E-state index is 13.4. The molecule has 1 aromatic carbocycles. The Kier molecular flexibility index (Phi) is 4.99. The van der Waals surface area contributed by atoms with Crippen LogP contribution in [-0.2, 0) is 6.54 Å². The first-order chi connectivity index (χ1) is 14.8. The van der Waals surface area contributed by atoms with Gasteiger partial charge in [-0.15, -0.1) is 0 Å². The number of amides is 1. The molecule has 0 unspecified atom stereocenters. The molecule has 1 aliphatic rings. The van der Waals surface area contributed by atoms with E-state index in [1.807, 2.05) is 59.6 Å². The molecule has 0 bridgehead atoms. The van der Waals surface area contributed by atoms with Crippen molar-refractivity contribution in [2.24, 2.45) is 0 Å². The first-order valence-corrected chi connectivity index (χ1v) is 10.1. The highest BCUT2D eigenvalue weighted by molar-refractivity contribution is 6.07. The second-order valence-corrected chi connectivity index (χ2v) is 7.48. The molecule has 4 heterocycles. The molecule has 0 atom stereocenters. The zero-order valence-electron chi connectivity index (χ0n) is 16.6. The highest BCUT2D eigenvalue weighted by atomic mass is 16.3. The van der Waals surface area contributed by atoms with Crippen molar-refractivity contribution in [2.45, 2.75) is 6.54 Å². The average molecular weight is 398 g/mol. The zero-order chi connectivity index (χ0) is 20.3. The van der Waals surface area contributed by atoms with Crippen molar-refractivity contribution in [1.82, 2.24) is 19.8 Å². The Hall–Kier alpha value is -3.51. The highest BCUT2D eigenvalue weighted by Gasteiger charge is 2.24. The number of carbonyl (C=O) groups is 1. The Labute approximate surface area is 174 Å². The molecule has 0 saturated carbocycles. The summed E-state index contributed by atoms with van der Waals surface area (Å²) in [6.45, 7) is 3.94. The number of hydrogen-bond acceptors (Lipinski definition) is 5. The minimum absolute atomic E-state index is 0.0439. The molecule has 0 radical (unpaired) electrons. The Morgan fingerprint density at radius 1 is 1.00 bits per heavy atom. The lowest BCUT2D eigenvalue weighted by Crippen LogP contribution is -2.48. The maximum absolute atomic E-state index is 13.4. The molecule has 4 aromatic rings. The molecule has 6 nitrogen and oxygen atoms in total. The van der Waals surface area contributed by atoms with Gasteiger partial charge in [0, 0.05) is 50.5 Å². The summed E-state index contributed by atoms with van der Waals surface area (Å²) in [7, 11) is 0. The van der Waals surface area contributed by atoms with Crippen LogP contribution in [0.15, 0.2) is 77.7 Å². The molecular formula is C24H22N4O2. The van der Waals surface area contributed by atoms with Gasteiger partial charge in [-0.2, -0.15) is 0 Å². The predicted molar refractivity (Wildman–Crippen MR) is 115 cm³/mol. The molecular weight excluding hydrogens is 376 g/mol. The summed E-state index contributed by atoms with van der Waals surface area (Å²) in [4.78, 5) is 26.6. The SMILES string of the molecule is O=C(c1cc(-c2ccco2)nc2ccccc12)N1CCN(Cc2cccnc2)CC1. The predicted octanol–water partition coefficient (Wildman–Crippen LogP) is 3.85. The Balaban J connectivity index is 1.37. The van der Waals surface area contributed by atoms with Gasteiger partial charge in [-0.3, -0.25) is 14.7 Å². The third-order valence-corrected chi connectivity index (χ3v) is 5.51. The van der Waals surface area contributed by atoms with Crippen LogP contribution in [0.25, 0.3) is 22.4 Å². The summed E-state index contributed by atoms with van der Waals surface area (Å²) in [5, 5.41) is 0.871. The molecule has 1 amide bonds. The zero-order valence-corrected chi connectivity index (χ0v) is 16.6. The van der Waals surface area contributed by atoms with E-state index in [-0.39, 0.29) is 5.91 Å². The van der Waals surface area contributed by atoms with Gasteiger partial charge >= 0.3 is 0 Å². The fraction of sp³-hybridized carbons (Fsp3) is 0.208. The van der Waals surface area contributed by atoms with Gasteiger partial charge in [0.05, 0.1) is 17.3 Å². The molecule has 1 aliphatic heterocycles. The lowest BCUT2D eigenvalue weighted by Gasteiger charge is -2.35. The summed E-state index contributed by atoms with van der Waals surface area (Å²) >= 11 is 0. The van der Waals surface area contributed by atoms with E-state index in [2.05, 4.69) is 20.9 Å². The van der Waals surface area contributed by atoms with Gasteiger partial charge in [0.1, 0.15) is 5.69 Å². The smallest absolute Gasteiger partial charge is 0.254 e. The third-order valence-electron chi connectivity index (χ3n) is 5.51. The van der Waals surface area contributed by atoms with Crippen LogP contribution in [0.2, 0.25) is 0 Å². The topological polar surface area (TPSA) is 62.5 Å². The van der Waals surface area contributed by atoms with E-state index >= 15 is 0 Å². The van der Waals surface area contributed by atoms with Crippen LogP contribution in [0, 0.1) is 0 Å². The van der Waals surface area contributed by atoms with Gasteiger partial charge in [-0.05, 0) is 35.9 Å². The molecule has 1 fully saturated rings. The van der Waals surface area contributed by atoms with Crippen molar-refractivity contribution in [3.8, 4) is 11.5 Å². The monoisotopic (exact) mass is 398 g/mol. The fourth-order valence-corrected chi connectivity index (χ4v) is 3.93. The van der Waals surface area contributed by atoms with Crippen molar-refractivity contribution in [1.29, 1.82) is 0 Å². The van der Waals surface area contributed by atoms with Gasteiger partial charge in [-0.25, -0.2) is 4.98 Å². The summed E-state index contributed by atoms with van der Waals surface area (Å²) in [5.41, 5.74) is 3.34. The van der Waals surface area contributed by atoms with Crippen molar-refractivity contribution in [3.63, 3.8) is 0 Å². The Morgan fingerprint density at radius 3 is 2.63 bits per heavy atom. The van der Waals surface area contributed by atoms with E-state index in [1.54, 1.807) is 12.5 Å². The fourth-order valence-electron chi connectivity index (χ4n) is 3.93. The molecule has 3 aromatic heterocycles. The van der Waals surface area contributed by atoms with E-state index in [0.717, 1.165) is 30.5 Å². The number of carbonyl (C=O) groups excluding carboxylic acids is 1. The molecule has 150 valence electrons. The van der Waals surface area contributed by atoms with E-state index < -0.39 is 0 Å². The number of pyridine rings is 2. The number of fused-ring (bicyclic) bond motifs is 1. The minimum atomic E-state index is 0.0439. The number of furan rings is 1. The van der Waals surface area contributed by atoms with Crippen molar-refractivity contribution < 1.29 is 9.21 Å². The quantitative estimate of drug-likeness (QED) is 0.523. The standard InChI is InChI=1S/C24H22N4O2/c29-24(28-12-10-27(11-13-28)17-18-5-3-9-25-16-18)20-15-22(23-8-4-14-30-23)26-21-7-2-1-6-19(20)21/h1-9,14-16H,10-13,17H2. The van der Waals surface area contributed by atoms with Crippen molar-refractivity contribution in [2.75, 3.05) is 26.2 Å². The van der Waals surface area contributed by atoms with E-state index in [9.17, 15) is 4.79 Å². The third kappa shape index (κ3) is 3.69. The van der Waals surface area contributed by atoms with E-state index in [1.165, 1.54) is 5.56 Å². The summed E-state index contributed by atoms with van der Waals surface area (Å²) in [5.74, 6) is 0.707. The summed E-state index contributed by atoms with van der Waals surface area (Å²) in [6.07, 6.45) is 5.31. The first kappa shape index (κ1) is 18.5. The van der Waals surface area contributed by atoms with Crippen molar-refractivity contribution >= 4 is 16.8 Å². The van der Waals surface area contributed by atoms with Crippen LogP contribution in [-0.4, -0.2) is 51.9 Å². The van der Waals surface area contributed by atoms with Gasteiger partial charge in [0.15, 0.2) is 5.76 Å². The van der Waals surface area contributed by atoms with Crippen LogP contribution in [0.4, 0.5) is 0 Å². The number of piperazine rings is 1. The van der Waals surface area contributed by atoms with Crippen LogP contribution >= 0.6 is 0 Å². The number of aromatic nitrogens is 2. The molecule has 6 heteroatoms. The number of benzene rings is 1. The van der Waals surface area contributed by atoms with Crippen LogP contribution < -0.4 is 0 Å². The first-order valence-electron chi connectivity index (χ1n) is 10.1. The normalized spacial score (nSPS) is 14.9. The maximum Gasteiger partial charge on any atom is 0.254 e. The highest BCUT2D eigenvalue weighted by Crippen LogP contribution is 2.26. The minimum Gasteiger partial charge on any atom is -0.463 e. The number of rotatable bonds is 4. The number of hydrogen-bond donors (Lipinski definition) is 0. The summed E-state index contributed by atoms with van der Waals surface area (Å²) < 4.78 is 5.52. The van der Waals surface area contributed by atoms with Gasteiger partial charge in [-0.1, -0.05) is 24.3 Å². The largest absolute Gasteiger partial charge is 0.463 e. The van der Waals surface area contributed by atoms with E-state index in [0.29, 0.717) is 30.1 Å². The molecule has 1 saturated heterocycles. The van der Waals surface area contributed by atoms with Crippen LogP contribution in [0.1, 0.15) is 15.9 Å². The molecule has 5 rings (SSSR count). The lowest BCUT2D eigenvalue weighted by atomic mass is 10.0. The van der Waals surface area contributed by atoms with Gasteiger partial charge < -0.3 is 9.32 Å². The van der Waals surface area contributed by atoms with Crippen LogP contribution in [0.3, 0.4) is 0 Å². The van der Waals surface area contributed by atoms with Gasteiger partial charge in [0.2, 0.25) is 0 Å². The lowest BCUT2D eigenvalue weighted by molar-refractivity contribution is 0.0630. The van der Waals surface area contributed by atoms with E-state index in [4.69, 9.17) is 4.42 Å². The van der Waals surface area contributed by atoms with Crippen molar-refractivity contribution in [3.05, 3.63) is 84.4 Å². The molecule has 30 heavy (non-hydrogen) atoms. The molecule has 0 spiro atoms. The summed E-state index contributed by atoms with van der Waals surface area (Å²) in [6, 6.07) is 17.4. The number of para-hydroxylation sites is 1. The van der Waals surface area contributed by atoms with Crippen LogP contribution in [0.5, 0.6) is 0 Å². The average Bonchev–Trinajstić information content (AvgIpc) is 3.34. The Bertz CT molecular complexity index is 1150. The number of nitrogens with zero attached hydrogens (tertiary/aromatic N) is 4. The second kappa shape index (κ2) is 8.08. The molecule has 0 N–H and O–H groups in total. The second-order valence-electron chi connectivity index (χ2n) is 7.48. The van der Waals surface area contributed by atoms with Gasteiger partial charge in [0.25, 0.3) is 5.91 Å². The Morgan fingerprint density at radius 2 is 1.87 bits per heavy atom.